The van der Waals surface area contributed by atoms with E-state index in [1.54, 1.807) is 0 Å². The zero-order valence-electron chi connectivity index (χ0n) is 11.4. The Hall–Kier alpha value is -1.77. The van der Waals surface area contributed by atoms with Crippen LogP contribution >= 0.6 is 0 Å². The Morgan fingerprint density at radius 3 is 2.58 bits per heavy atom. The lowest BCUT2D eigenvalue weighted by Gasteiger charge is -2.31. The second kappa shape index (κ2) is 5.91. The van der Waals surface area contributed by atoms with Crippen LogP contribution in [0, 0.1) is 16.7 Å². The van der Waals surface area contributed by atoms with Gasteiger partial charge in [0, 0.05) is 12.1 Å². The van der Waals surface area contributed by atoms with Gasteiger partial charge in [-0.05, 0) is 17.5 Å². The van der Waals surface area contributed by atoms with Crippen LogP contribution in [0.3, 0.4) is 0 Å². The molecule has 0 aliphatic rings. The van der Waals surface area contributed by atoms with Crippen molar-refractivity contribution in [1.29, 1.82) is 5.26 Å². The van der Waals surface area contributed by atoms with Gasteiger partial charge in [-0.15, -0.1) is 0 Å². The van der Waals surface area contributed by atoms with Crippen LogP contribution in [0.15, 0.2) is 18.2 Å². The van der Waals surface area contributed by atoms with Crippen molar-refractivity contribution in [2.24, 2.45) is 11.1 Å². The first-order valence-corrected chi connectivity index (χ1v) is 6.05. The Balaban J connectivity index is 2.70. The molecule has 19 heavy (non-hydrogen) atoms. The minimum atomic E-state index is -0.833. The fourth-order valence-corrected chi connectivity index (χ4v) is 1.59. The molecular weight excluding hydrogens is 244 g/mol. The van der Waals surface area contributed by atoms with Gasteiger partial charge in [-0.2, -0.15) is 5.26 Å². The van der Waals surface area contributed by atoms with Gasteiger partial charge in [0.1, 0.15) is 30.3 Å². The average molecular weight is 264 g/mol. The van der Waals surface area contributed by atoms with Crippen molar-refractivity contribution < 1.29 is 14.9 Å². The number of nitrogens with two attached hydrogens (primary N) is 1. The molecule has 0 amide bonds. The molecule has 0 aromatic heterocycles. The van der Waals surface area contributed by atoms with Crippen molar-refractivity contribution in [1.82, 2.24) is 0 Å². The predicted molar refractivity (Wildman–Crippen MR) is 71.8 cm³/mol. The van der Waals surface area contributed by atoms with Crippen LogP contribution in [0.4, 0.5) is 0 Å². The van der Waals surface area contributed by atoms with Gasteiger partial charge < -0.3 is 20.7 Å². The summed E-state index contributed by atoms with van der Waals surface area (Å²) in [5.74, 6) is 0.316. The monoisotopic (exact) mass is 264 g/mol. The minimum Gasteiger partial charge on any atom is -0.508 e. The Kier molecular flexibility index (Phi) is 4.76. The first-order valence-electron chi connectivity index (χ1n) is 6.05. The molecule has 1 aromatic rings. The SMILES string of the molecule is CC(C)(C)C(N)[C@H](O)COc1ccc(O)cc1C#N. The molecule has 0 radical (unpaired) electrons. The Labute approximate surface area is 113 Å². The van der Waals surface area contributed by atoms with Crippen molar-refractivity contribution in [3.8, 4) is 17.6 Å². The third kappa shape index (κ3) is 4.12. The molecule has 0 saturated carbocycles. The number of benzene rings is 1. The third-order valence-electron chi connectivity index (χ3n) is 2.91. The van der Waals surface area contributed by atoms with Gasteiger partial charge in [0.15, 0.2) is 0 Å². The van der Waals surface area contributed by atoms with Crippen molar-refractivity contribution in [2.45, 2.75) is 32.9 Å². The zero-order valence-corrected chi connectivity index (χ0v) is 11.4. The molecule has 0 heterocycles. The van der Waals surface area contributed by atoms with Gasteiger partial charge in [0.05, 0.1) is 5.56 Å². The summed E-state index contributed by atoms with van der Waals surface area (Å²) in [4.78, 5) is 0. The Morgan fingerprint density at radius 1 is 1.42 bits per heavy atom. The summed E-state index contributed by atoms with van der Waals surface area (Å²) in [5.41, 5.74) is 5.90. The summed E-state index contributed by atoms with van der Waals surface area (Å²) in [6, 6.07) is 5.71. The van der Waals surface area contributed by atoms with Crippen molar-refractivity contribution in [3.05, 3.63) is 23.8 Å². The molecule has 0 spiro atoms. The highest BCUT2D eigenvalue weighted by Crippen LogP contribution is 2.24. The van der Waals surface area contributed by atoms with E-state index in [-0.39, 0.29) is 23.3 Å². The predicted octanol–water partition coefficient (Wildman–Crippen LogP) is 1.38. The first kappa shape index (κ1) is 15.3. The van der Waals surface area contributed by atoms with E-state index in [0.29, 0.717) is 5.75 Å². The number of phenols is 1. The van der Waals surface area contributed by atoms with Gasteiger partial charge in [0.25, 0.3) is 0 Å². The van der Waals surface area contributed by atoms with Gasteiger partial charge in [-0.25, -0.2) is 0 Å². The summed E-state index contributed by atoms with van der Waals surface area (Å²) in [6.45, 7) is 5.80. The van der Waals surface area contributed by atoms with Crippen LogP contribution in [0.1, 0.15) is 26.3 Å². The topological polar surface area (TPSA) is 99.5 Å². The lowest BCUT2D eigenvalue weighted by Crippen LogP contribution is -2.47. The number of aliphatic hydroxyl groups is 1. The van der Waals surface area contributed by atoms with Crippen LogP contribution in [0.5, 0.6) is 11.5 Å². The fourth-order valence-electron chi connectivity index (χ4n) is 1.59. The summed E-state index contributed by atoms with van der Waals surface area (Å²) >= 11 is 0. The maximum absolute atomic E-state index is 9.95. The largest absolute Gasteiger partial charge is 0.508 e. The van der Waals surface area contributed by atoms with Gasteiger partial charge in [-0.1, -0.05) is 20.8 Å². The normalized spacial score (nSPS) is 14.5. The highest BCUT2D eigenvalue weighted by atomic mass is 16.5. The van der Waals surface area contributed by atoms with Gasteiger partial charge in [-0.3, -0.25) is 0 Å². The van der Waals surface area contributed by atoms with E-state index in [4.69, 9.17) is 15.7 Å². The van der Waals surface area contributed by atoms with E-state index >= 15 is 0 Å². The molecular formula is C14H20N2O3. The molecule has 5 nitrogen and oxygen atoms in total. The van der Waals surface area contributed by atoms with Crippen molar-refractivity contribution in [3.63, 3.8) is 0 Å². The molecule has 0 aliphatic carbocycles. The lowest BCUT2D eigenvalue weighted by molar-refractivity contribution is 0.0495. The molecule has 0 saturated heterocycles. The van der Waals surface area contributed by atoms with E-state index < -0.39 is 12.1 Å². The van der Waals surface area contributed by atoms with E-state index in [2.05, 4.69) is 0 Å². The molecule has 1 aromatic carbocycles. The average Bonchev–Trinajstić information content (AvgIpc) is 2.34. The maximum Gasteiger partial charge on any atom is 0.137 e. The van der Waals surface area contributed by atoms with E-state index in [0.717, 1.165) is 0 Å². The zero-order chi connectivity index (χ0) is 14.6. The molecule has 0 aliphatic heterocycles. The van der Waals surface area contributed by atoms with Crippen LogP contribution in [0.2, 0.25) is 0 Å². The second-order valence-electron chi connectivity index (χ2n) is 5.56. The molecule has 4 N–H and O–H groups in total. The second-order valence-corrected chi connectivity index (χ2v) is 5.56. The molecule has 0 bridgehead atoms. The van der Waals surface area contributed by atoms with Crippen molar-refractivity contribution >= 4 is 0 Å². The first-order chi connectivity index (χ1) is 8.75. The van der Waals surface area contributed by atoms with Crippen LogP contribution < -0.4 is 10.5 Å². The number of rotatable bonds is 4. The lowest BCUT2D eigenvalue weighted by atomic mass is 9.84. The Bertz CT molecular complexity index is 475. The molecule has 104 valence electrons. The summed E-state index contributed by atoms with van der Waals surface area (Å²) < 4.78 is 5.40. The standard InChI is InChI=1S/C14H20N2O3/c1-14(2,3)13(16)11(18)8-19-12-5-4-10(17)6-9(12)7-15/h4-6,11,13,17-18H,8,16H2,1-3H3/t11-,13?/m1/s1. The van der Waals surface area contributed by atoms with E-state index in [1.165, 1.54) is 18.2 Å². The van der Waals surface area contributed by atoms with E-state index in [9.17, 15) is 10.2 Å². The number of hydrogen-bond acceptors (Lipinski definition) is 5. The third-order valence-corrected chi connectivity index (χ3v) is 2.91. The van der Waals surface area contributed by atoms with E-state index in [1.807, 2.05) is 26.8 Å². The number of hydrogen-bond donors (Lipinski definition) is 3. The summed E-state index contributed by atoms with van der Waals surface area (Å²) in [7, 11) is 0. The number of ether oxygens (including phenoxy) is 1. The fraction of sp³-hybridized carbons (Fsp3) is 0.500. The molecule has 5 heteroatoms. The van der Waals surface area contributed by atoms with Gasteiger partial charge in [0.2, 0.25) is 0 Å². The number of nitriles is 1. The number of aromatic hydroxyl groups is 1. The van der Waals surface area contributed by atoms with Crippen LogP contribution in [-0.2, 0) is 0 Å². The number of phenolic OH excluding ortho intramolecular Hbond substituents is 1. The highest BCUT2D eigenvalue weighted by Gasteiger charge is 2.28. The molecule has 2 atom stereocenters. The number of nitrogens with zero attached hydrogens (tertiary/aromatic N) is 1. The summed E-state index contributed by atoms with van der Waals surface area (Å²) in [5, 5.41) is 28.1. The summed E-state index contributed by atoms with van der Waals surface area (Å²) in [6.07, 6.45) is -0.833. The quantitative estimate of drug-likeness (QED) is 0.763. The van der Waals surface area contributed by atoms with Gasteiger partial charge >= 0.3 is 0 Å². The molecule has 1 unspecified atom stereocenters. The van der Waals surface area contributed by atoms with Crippen LogP contribution in [0.25, 0.3) is 0 Å². The molecule has 1 rings (SSSR count). The minimum absolute atomic E-state index is 0.00209. The smallest absolute Gasteiger partial charge is 0.137 e. The maximum atomic E-state index is 9.95. The number of aliphatic hydroxyl groups excluding tert-OH is 1. The van der Waals surface area contributed by atoms with Crippen molar-refractivity contribution in [2.75, 3.05) is 6.61 Å². The van der Waals surface area contributed by atoms with Crippen LogP contribution in [-0.4, -0.2) is 29.0 Å². The molecule has 0 fully saturated rings. The Morgan fingerprint density at radius 2 is 2.05 bits per heavy atom. The highest BCUT2D eigenvalue weighted by molar-refractivity contribution is 5.47.